The van der Waals surface area contributed by atoms with Crippen molar-refractivity contribution in [1.82, 2.24) is 9.97 Å². The van der Waals surface area contributed by atoms with Crippen molar-refractivity contribution in [2.75, 3.05) is 7.11 Å². The van der Waals surface area contributed by atoms with Gasteiger partial charge < -0.3 is 20.0 Å². The molecule has 3 aromatic rings. The van der Waals surface area contributed by atoms with Gasteiger partial charge in [-0.2, -0.15) is 14.4 Å². The predicted molar refractivity (Wildman–Crippen MR) is 108 cm³/mol. The van der Waals surface area contributed by atoms with Crippen LogP contribution in [-0.2, 0) is 9.63 Å². The Kier molecular flexibility index (Phi) is 6.43. The number of rotatable bonds is 7. The van der Waals surface area contributed by atoms with Gasteiger partial charge >= 0.3 is 0 Å². The van der Waals surface area contributed by atoms with Gasteiger partial charge in [0.05, 0.1) is 5.56 Å². The highest BCUT2D eigenvalue weighted by Crippen LogP contribution is 2.33. The molecule has 0 unspecified atom stereocenters. The van der Waals surface area contributed by atoms with E-state index in [9.17, 15) is 9.18 Å². The third-order valence-electron chi connectivity index (χ3n) is 3.91. The molecule has 0 bridgehead atoms. The first-order chi connectivity index (χ1) is 14.4. The SMILES string of the molecule is CON=C(C(N)=O)c1ccccc1Oc1ncnc(Oc2cccc(Cl)c2C)c1F. The molecule has 154 valence electrons. The molecular weight excluding hydrogens is 415 g/mol. The number of hydrogen-bond donors (Lipinski definition) is 1. The molecule has 10 heteroatoms. The molecule has 0 radical (unpaired) electrons. The standard InChI is InChI=1S/C20H16ClFN4O4/c1-11-13(21)7-5-9-14(11)29-19-16(22)20(25-10-24-19)30-15-8-4-3-6-12(15)17(18(23)27)26-28-2/h3-10H,1-2H3,(H2,23,27). The molecule has 0 aliphatic rings. The van der Waals surface area contributed by atoms with Gasteiger partial charge in [0.25, 0.3) is 17.7 Å². The number of primary amides is 1. The summed E-state index contributed by atoms with van der Waals surface area (Å²) in [4.78, 5) is 24.0. The molecule has 0 fully saturated rings. The minimum Gasteiger partial charge on any atom is -0.436 e. The van der Waals surface area contributed by atoms with Gasteiger partial charge in [0.2, 0.25) is 5.82 Å². The Morgan fingerprint density at radius 2 is 1.70 bits per heavy atom. The van der Waals surface area contributed by atoms with E-state index in [1.165, 1.54) is 19.2 Å². The second kappa shape index (κ2) is 9.19. The molecule has 30 heavy (non-hydrogen) atoms. The molecule has 0 aliphatic carbocycles. The summed E-state index contributed by atoms with van der Waals surface area (Å²) in [7, 11) is 1.26. The summed E-state index contributed by atoms with van der Waals surface area (Å²) < 4.78 is 26.1. The first-order valence-corrected chi connectivity index (χ1v) is 8.91. The fraction of sp³-hybridized carbons (Fsp3) is 0.100. The van der Waals surface area contributed by atoms with Crippen molar-refractivity contribution < 1.29 is 23.5 Å². The number of halogens is 2. The number of oxime groups is 1. The van der Waals surface area contributed by atoms with Crippen molar-refractivity contribution in [3.63, 3.8) is 0 Å². The second-order valence-corrected chi connectivity index (χ2v) is 6.26. The molecule has 0 spiro atoms. The van der Waals surface area contributed by atoms with Crippen LogP contribution in [0.1, 0.15) is 11.1 Å². The molecule has 1 aromatic heterocycles. The number of hydrogen-bond acceptors (Lipinski definition) is 7. The summed E-state index contributed by atoms with van der Waals surface area (Å²) in [5.74, 6) is -2.17. The van der Waals surface area contributed by atoms with Crippen LogP contribution in [0.2, 0.25) is 5.02 Å². The van der Waals surface area contributed by atoms with Gasteiger partial charge in [-0.05, 0) is 31.2 Å². The molecule has 8 nitrogen and oxygen atoms in total. The monoisotopic (exact) mass is 430 g/mol. The molecule has 0 aliphatic heterocycles. The van der Waals surface area contributed by atoms with E-state index in [-0.39, 0.29) is 22.9 Å². The number of amides is 1. The Morgan fingerprint density at radius 1 is 1.07 bits per heavy atom. The van der Waals surface area contributed by atoms with E-state index in [4.69, 9.17) is 26.8 Å². The minimum atomic E-state index is -0.948. The lowest BCUT2D eigenvalue weighted by Crippen LogP contribution is -2.25. The minimum absolute atomic E-state index is 0.0783. The highest BCUT2D eigenvalue weighted by atomic mass is 35.5. The van der Waals surface area contributed by atoms with Crippen molar-refractivity contribution >= 4 is 23.2 Å². The van der Waals surface area contributed by atoms with Gasteiger partial charge in [-0.3, -0.25) is 4.79 Å². The van der Waals surface area contributed by atoms with E-state index in [1.54, 1.807) is 37.3 Å². The first-order valence-electron chi connectivity index (χ1n) is 8.54. The lowest BCUT2D eigenvalue weighted by Gasteiger charge is -2.13. The summed E-state index contributed by atoms with van der Waals surface area (Å²) in [5, 5.41) is 4.07. The van der Waals surface area contributed by atoms with Crippen LogP contribution < -0.4 is 15.2 Å². The predicted octanol–water partition coefficient (Wildman–Crippen LogP) is 4.00. The number of carbonyl (C=O) groups is 1. The smallest absolute Gasteiger partial charge is 0.271 e. The highest BCUT2D eigenvalue weighted by molar-refractivity contribution is 6.45. The summed E-state index contributed by atoms with van der Waals surface area (Å²) in [5.41, 5.74) is 5.96. The Balaban J connectivity index is 1.96. The van der Waals surface area contributed by atoms with Gasteiger partial charge in [-0.1, -0.05) is 35.0 Å². The Morgan fingerprint density at radius 3 is 2.37 bits per heavy atom. The van der Waals surface area contributed by atoms with E-state index in [0.717, 1.165) is 6.33 Å². The zero-order chi connectivity index (χ0) is 21.7. The van der Waals surface area contributed by atoms with E-state index in [0.29, 0.717) is 16.3 Å². The molecule has 0 saturated carbocycles. The van der Waals surface area contributed by atoms with Crippen LogP contribution in [-0.4, -0.2) is 28.7 Å². The molecule has 2 N–H and O–H groups in total. The molecule has 3 rings (SSSR count). The van der Waals surface area contributed by atoms with E-state index < -0.39 is 17.6 Å². The number of nitrogens with zero attached hydrogens (tertiary/aromatic N) is 3. The van der Waals surface area contributed by atoms with Crippen LogP contribution in [0, 0.1) is 12.7 Å². The van der Waals surface area contributed by atoms with Crippen LogP contribution in [0.25, 0.3) is 0 Å². The number of benzene rings is 2. The molecule has 1 amide bonds. The van der Waals surface area contributed by atoms with E-state index in [1.807, 2.05) is 0 Å². The number of carbonyl (C=O) groups excluding carboxylic acids is 1. The zero-order valence-corrected chi connectivity index (χ0v) is 16.7. The topological polar surface area (TPSA) is 109 Å². The van der Waals surface area contributed by atoms with Crippen LogP contribution in [0.4, 0.5) is 4.39 Å². The summed E-state index contributed by atoms with van der Waals surface area (Å²) in [6, 6.07) is 11.2. The largest absolute Gasteiger partial charge is 0.436 e. The lowest BCUT2D eigenvalue weighted by atomic mass is 10.1. The van der Waals surface area contributed by atoms with Crippen LogP contribution in [0.15, 0.2) is 53.9 Å². The maximum absolute atomic E-state index is 15.0. The van der Waals surface area contributed by atoms with Crippen LogP contribution >= 0.6 is 11.6 Å². The number of nitrogens with two attached hydrogens (primary N) is 1. The number of aromatic nitrogens is 2. The third-order valence-corrected chi connectivity index (χ3v) is 4.32. The quantitative estimate of drug-likeness (QED) is 0.448. The van der Waals surface area contributed by atoms with Crippen molar-refractivity contribution in [2.45, 2.75) is 6.92 Å². The summed E-state index contributed by atoms with van der Waals surface area (Å²) in [6.45, 7) is 1.73. The van der Waals surface area contributed by atoms with E-state index in [2.05, 4.69) is 20.0 Å². The Hall–Kier alpha value is -3.72. The van der Waals surface area contributed by atoms with Crippen molar-refractivity contribution in [3.8, 4) is 23.3 Å². The van der Waals surface area contributed by atoms with E-state index >= 15 is 0 Å². The van der Waals surface area contributed by atoms with Crippen molar-refractivity contribution in [1.29, 1.82) is 0 Å². The zero-order valence-electron chi connectivity index (χ0n) is 15.9. The average molecular weight is 431 g/mol. The second-order valence-electron chi connectivity index (χ2n) is 5.85. The maximum Gasteiger partial charge on any atom is 0.271 e. The summed E-state index contributed by atoms with van der Waals surface area (Å²) in [6.07, 6.45) is 1.08. The lowest BCUT2D eigenvalue weighted by molar-refractivity contribution is -0.112. The normalized spacial score (nSPS) is 11.1. The molecule has 0 atom stereocenters. The fourth-order valence-electron chi connectivity index (χ4n) is 2.46. The van der Waals surface area contributed by atoms with Gasteiger partial charge in [0, 0.05) is 10.6 Å². The molecular formula is C20H16ClFN4O4. The molecule has 1 heterocycles. The average Bonchev–Trinajstić information content (AvgIpc) is 2.73. The molecule has 2 aromatic carbocycles. The third kappa shape index (κ3) is 4.47. The van der Waals surface area contributed by atoms with Gasteiger partial charge in [-0.15, -0.1) is 0 Å². The fourth-order valence-corrected chi connectivity index (χ4v) is 2.62. The number of ether oxygens (including phenoxy) is 2. The van der Waals surface area contributed by atoms with Crippen molar-refractivity contribution in [3.05, 3.63) is 70.8 Å². The molecule has 0 saturated heterocycles. The van der Waals surface area contributed by atoms with Gasteiger partial charge in [0.1, 0.15) is 24.9 Å². The summed E-state index contributed by atoms with van der Waals surface area (Å²) >= 11 is 6.07. The Labute approximate surface area is 176 Å². The Bertz CT molecular complexity index is 1120. The highest BCUT2D eigenvalue weighted by Gasteiger charge is 2.21. The maximum atomic E-state index is 15.0. The first kappa shape index (κ1) is 21.0. The van der Waals surface area contributed by atoms with Crippen LogP contribution in [0.5, 0.6) is 23.3 Å². The van der Waals surface area contributed by atoms with Gasteiger partial charge in [-0.25, -0.2) is 0 Å². The van der Waals surface area contributed by atoms with Crippen molar-refractivity contribution in [2.24, 2.45) is 10.9 Å². The van der Waals surface area contributed by atoms with Gasteiger partial charge in [0.15, 0.2) is 5.71 Å². The van der Waals surface area contributed by atoms with Crippen LogP contribution in [0.3, 0.4) is 0 Å². The number of para-hydroxylation sites is 1.